The van der Waals surface area contributed by atoms with E-state index in [1.807, 2.05) is 4.90 Å². The number of nitrogens with zero attached hydrogens (tertiary/aromatic N) is 2. The van der Waals surface area contributed by atoms with Crippen LogP contribution in [0.5, 0.6) is 0 Å². The fourth-order valence-corrected chi connectivity index (χ4v) is 2.75. The molecule has 1 amide bonds. The molecule has 1 saturated heterocycles. The molecule has 1 aliphatic rings. The lowest BCUT2D eigenvalue weighted by Crippen LogP contribution is -2.66. The lowest BCUT2D eigenvalue weighted by Gasteiger charge is -2.45. The Balaban J connectivity index is 2.57. The van der Waals surface area contributed by atoms with Gasteiger partial charge in [-0.1, -0.05) is 6.42 Å². The zero-order valence-corrected chi connectivity index (χ0v) is 12.4. The molecular formula is C14H25N3O4. The molecule has 1 heterocycles. The monoisotopic (exact) mass is 299 g/mol. The molecular weight excluding hydrogens is 274 g/mol. The molecule has 0 aromatic rings. The zero-order chi connectivity index (χ0) is 15.8. The van der Waals surface area contributed by atoms with Crippen LogP contribution >= 0.6 is 0 Å². The number of hydrogen-bond donors (Lipinski definition) is 4. The molecule has 4 N–H and O–H groups in total. The summed E-state index contributed by atoms with van der Waals surface area (Å²) in [7, 11) is 0. The van der Waals surface area contributed by atoms with Crippen molar-refractivity contribution in [2.75, 3.05) is 19.7 Å². The van der Waals surface area contributed by atoms with E-state index in [1.165, 1.54) is 6.92 Å². The van der Waals surface area contributed by atoms with E-state index in [2.05, 4.69) is 11.4 Å². The standard InChI is InChI=1S/C14H25N3O4/c1-10(19)16-11-8-17(7-5-3-2-4-6-15)12(9-18)14(21)13(11)20/h11-14,18,20-21H,2-5,7-9H2,1H3,(H,16,19)/t11-,12+,13+,14+/m0/s1. The number of unbranched alkanes of at least 4 members (excludes halogenated alkanes) is 3. The quantitative estimate of drug-likeness (QED) is 0.447. The highest BCUT2D eigenvalue weighted by molar-refractivity contribution is 5.73. The van der Waals surface area contributed by atoms with Crippen molar-refractivity contribution in [3.63, 3.8) is 0 Å². The van der Waals surface area contributed by atoms with Gasteiger partial charge in [-0.3, -0.25) is 9.69 Å². The van der Waals surface area contributed by atoms with Gasteiger partial charge in [0.15, 0.2) is 0 Å². The molecule has 0 saturated carbocycles. The third-order valence-corrected chi connectivity index (χ3v) is 3.87. The van der Waals surface area contributed by atoms with Gasteiger partial charge in [0.2, 0.25) is 5.91 Å². The van der Waals surface area contributed by atoms with Crippen LogP contribution in [0.2, 0.25) is 0 Å². The van der Waals surface area contributed by atoms with Crippen molar-refractivity contribution < 1.29 is 20.1 Å². The summed E-state index contributed by atoms with van der Waals surface area (Å²) >= 11 is 0. The topological polar surface area (TPSA) is 117 Å². The Bertz CT molecular complexity index is 372. The Hall–Kier alpha value is -1.20. The maximum atomic E-state index is 11.2. The molecule has 1 aliphatic heterocycles. The molecule has 1 rings (SSSR count). The van der Waals surface area contributed by atoms with E-state index in [0.29, 0.717) is 19.5 Å². The summed E-state index contributed by atoms with van der Waals surface area (Å²) in [6.07, 6.45) is 0.910. The van der Waals surface area contributed by atoms with E-state index in [9.17, 15) is 20.1 Å². The van der Waals surface area contributed by atoms with Gasteiger partial charge in [0, 0.05) is 19.9 Å². The number of amides is 1. The van der Waals surface area contributed by atoms with E-state index in [0.717, 1.165) is 19.3 Å². The van der Waals surface area contributed by atoms with E-state index in [1.54, 1.807) is 0 Å². The van der Waals surface area contributed by atoms with Crippen LogP contribution in [0.25, 0.3) is 0 Å². The Morgan fingerprint density at radius 1 is 1.33 bits per heavy atom. The summed E-state index contributed by atoms with van der Waals surface area (Å²) in [5, 5.41) is 40.6. The molecule has 120 valence electrons. The molecule has 0 bridgehead atoms. The molecule has 7 nitrogen and oxygen atoms in total. The zero-order valence-electron chi connectivity index (χ0n) is 12.4. The molecule has 1 fully saturated rings. The number of aliphatic hydroxyl groups is 3. The number of aliphatic hydroxyl groups excluding tert-OH is 3. The minimum atomic E-state index is -1.10. The third kappa shape index (κ3) is 5.25. The van der Waals surface area contributed by atoms with Crippen LogP contribution in [-0.2, 0) is 4.79 Å². The maximum absolute atomic E-state index is 11.2. The van der Waals surface area contributed by atoms with Gasteiger partial charge >= 0.3 is 0 Å². The number of hydrogen-bond acceptors (Lipinski definition) is 6. The Labute approximate surface area is 125 Å². The van der Waals surface area contributed by atoms with Crippen LogP contribution in [0.15, 0.2) is 0 Å². The molecule has 4 atom stereocenters. The summed E-state index contributed by atoms with van der Waals surface area (Å²) in [6.45, 7) is 2.16. The summed E-state index contributed by atoms with van der Waals surface area (Å²) in [4.78, 5) is 13.0. The maximum Gasteiger partial charge on any atom is 0.217 e. The second-order valence-electron chi connectivity index (χ2n) is 5.50. The predicted octanol–water partition coefficient (Wildman–Crippen LogP) is -1.03. The number of nitrogens with one attached hydrogen (secondary N) is 1. The van der Waals surface area contributed by atoms with Gasteiger partial charge in [0.1, 0.15) is 6.10 Å². The van der Waals surface area contributed by atoms with Crippen LogP contribution in [0.3, 0.4) is 0 Å². The second-order valence-corrected chi connectivity index (χ2v) is 5.50. The first kappa shape index (κ1) is 17.9. The van der Waals surface area contributed by atoms with Crippen molar-refractivity contribution in [2.45, 2.75) is 56.9 Å². The number of nitriles is 1. The van der Waals surface area contributed by atoms with E-state index in [-0.39, 0.29) is 12.5 Å². The summed E-state index contributed by atoms with van der Waals surface area (Å²) in [5.41, 5.74) is 0. The van der Waals surface area contributed by atoms with Crippen molar-refractivity contribution in [3.05, 3.63) is 0 Å². The highest BCUT2D eigenvalue weighted by Crippen LogP contribution is 2.19. The van der Waals surface area contributed by atoms with Gasteiger partial charge in [0.25, 0.3) is 0 Å². The minimum absolute atomic E-state index is 0.247. The van der Waals surface area contributed by atoms with Crippen LogP contribution in [-0.4, -0.2) is 70.1 Å². The van der Waals surface area contributed by atoms with Crippen LogP contribution in [0.4, 0.5) is 0 Å². The molecule has 7 heteroatoms. The average molecular weight is 299 g/mol. The minimum Gasteiger partial charge on any atom is -0.395 e. The molecule has 0 aromatic carbocycles. The Morgan fingerprint density at radius 3 is 2.62 bits per heavy atom. The second kappa shape index (κ2) is 8.95. The van der Waals surface area contributed by atoms with Gasteiger partial charge in [-0.05, 0) is 19.4 Å². The van der Waals surface area contributed by atoms with Gasteiger partial charge in [0.05, 0.1) is 30.9 Å². The fourth-order valence-electron chi connectivity index (χ4n) is 2.75. The number of likely N-dealkylation sites (tertiary alicyclic amines) is 1. The molecule has 0 aliphatic carbocycles. The molecule has 0 unspecified atom stereocenters. The van der Waals surface area contributed by atoms with Gasteiger partial charge in [-0.25, -0.2) is 0 Å². The lowest BCUT2D eigenvalue weighted by molar-refractivity contribution is -0.128. The Kier molecular flexibility index (Phi) is 7.61. The van der Waals surface area contributed by atoms with Crippen molar-refractivity contribution >= 4 is 5.91 Å². The molecule has 0 radical (unpaired) electrons. The Morgan fingerprint density at radius 2 is 2.05 bits per heavy atom. The summed E-state index contributed by atoms with van der Waals surface area (Å²) in [6, 6.07) is 1.02. The van der Waals surface area contributed by atoms with Crippen LogP contribution < -0.4 is 5.32 Å². The summed E-state index contributed by atoms with van der Waals surface area (Å²) < 4.78 is 0. The molecule has 0 aromatic heterocycles. The lowest BCUT2D eigenvalue weighted by atomic mass is 9.92. The third-order valence-electron chi connectivity index (χ3n) is 3.87. The van der Waals surface area contributed by atoms with Crippen LogP contribution in [0, 0.1) is 11.3 Å². The first-order valence-corrected chi connectivity index (χ1v) is 7.36. The van der Waals surface area contributed by atoms with E-state index < -0.39 is 24.3 Å². The predicted molar refractivity (Wildman–Crippen MR) is 76.1 cm³/mol. The van der Waals surface area contributed by atoms with Crippen molar-refractivity contribution in [2.24, 2.45) is 0 Å². The fraction of sp³-hybridized carbons (Fsp3) is 0.857. The van der Waals surface area contributed by atoms with Crippen molar-refractivity contribution in [1.82, 2.24) is 10.2 Å². The normalized spacial score (nSPS) is 29.9. The highest BCUT2D eigenvalue weighted by atomic mass is 16.3. The molecule has 0 spiro atoms. The first-order valence-electron chi connectivity index (χ1n) is 7.36. The number of carbonyl (C=O) groups excluding carboxylic acids is 1. The number of carbonyl (C=O) groups is 1. The number of rotatable bonds is 7. The van der Waals surface area contributed by atoms with Gasteiger partial charge < -0.3 is 20.6 Å². The number of piperidine rings is 1. The molecule has 21 heavy (non-hydrogen) atoms. The largest absolute Gasteiger partial charge is 0.395 e. The van der Waals surface area contributed by atoms with Crippen LogP contribution in [0.1, 0.15) is 32.6 Å². The smallest absolute Gasteiger partial charge is 0.217 e. The van der Waals surface area contributed by atoms with E-state index in [4.69, 9.17) is 5.26 Å². The SMILES string of the molecule is CC(=O)N[C@H]1CN(CCCCCC#N)[C@H](CO)[C@@H](O)[C@@H]1O. The van der Waals surface area contributed by atoms with Gasteiger partial charge in [-0.2, -0.15) is 5.26 Å². The first-order chi connectivity index (χ1) is 10.0. The van der Waals surface area contributed by atoms with Gasteiger partial charge in [-0.15, -0.1) is 0 Å². The summed E-state index contributed by atoms with van der Waals surface area (Å²) in [5.74, 6) is -0.261. The highest BCUT2D eigenvalue weighted by Gasteiger charge is 2.41. The average Bonchev–Trinajstić information content (AvgIpc) is 2.44. The van der Waals surface area contributed by atoms with Crippen molar-refractivity contribution in [1.29, 1.82) is 5.26 Å². The van der Waals surface area contributed by atoms with Crippen molar-refractivity contribution in [3.8, 4) is 6.07 Å². The van der Waals surface area contributed by atoms with E-state index >= 15 is 0 Å².